The van der Waals surface area contributed by atoms with Gasteiger partial charge in [-0.1, -0.05) is 41.5 Å². The van der Waals surface area contributed by atoms with E-state index < -0.39 is 27.9 Å². The van der Waals surface area contributed by atoms with E-state index >= 15 is 0 Å². The topological polar surface area (TPSA) is 99.6 Å². The fraction of sp³-hybridized carbons (Fsp3) is 0.333. The van der Waals surface area contributed by atoms with Crippen LogP contribution >= 0.6 is 34.5 Å². The number of hydrazine groups is 1. The van der Waals surface area contributed by atoms with E-state index in [-0.39, 0.29) is 17.3 Å². The van der Waals surface area contributed by atoms with E-state index in [1.54, 1.807) is 30.3 Å². The van der Waals surface area contributed by atoms with E-state index in [2.05, 4.69) is 22.0 Å². The summed E-state index contributed by atoms with van der Waals surface area (Å²) in [5, 5.41) is 7.20. The van der Waals surface area contributed by atoms with Gasteiger partial charge in [0.15, 0.2) is 5.69 Å². The minimum atomic E-state index is -4.45. The number of aromatic nitrogens is 2. The van der Waals surface area contributed by atoms with Crippen LogP contribution in [0.1, 0.15) is 64.2 Å². The lowest BCUT2D eigenvalue weighted by atomic mass is 10.1. The molecule has 9 nitrogen and oxygen atoms in total. The molecule has 2 saturated heterocycles. The summed E-state index contributed by atoms with van der Waals surface area (Å²) in [5.74, 6) is 5.39. The van der Waals surface area contributed by atoms with E-state index in [4.69, 9.17) is 28.3 Å². The normalized spacial score (nSPS) is 16.0. The van der Waals surface area contributed by atoms with Gasteiger partial charge in [-0.3, -0.25) is 10.2 Å². The fourth-order valence-electron chi connectivity index (χ4n) is 5.67. The Balaban J connectivity index is 1.43. The number of hydrogen-bond donors (Lipinski definition) is 2. The second-order valence-electron chi connectivity index (χ2n) is 11.6. The lowest BCUT2D eigenvalue weighted by molar-refractivity contribution is -0.137. The third kappa shape index (κ3) is 8.32. The highest BCUT2D eigenvalue weighted by Crippen LogP contribution is 2.37. The Hall–Kier alpha value is -3.42. The summed E-state index contributed by atoms with van der Waals surface area (Å²) in [5.41, 5.74) is 3.74. The lowest BCUT2D eigenvalue weighted by Crippen LogP contribution is -2.45. The lowest BCUT2D eigenvalue weighted by Gasteiger charge is -2.26. The van der Waals surface area contributed by atoms with Gasteiger partial charge in [-0.2, -0.15) is 35.7 Å². The summed E-state index contributed by atoms with van der Waals surface area (Å²) in [6.45, 7) is 1.90. The van der Waals surface area contributed by atoms with Crippen molar-refractivity contribution in [3.8, 4) is 28.1 Å². The number of alkyl halides is 3. The van der Waals surface area contributed by atoms with Crippen molar-refractivity contribution in [2.75, 3.05) is 26.2 Å². The van der Waals surface area contributed by atoms with Crippen LogP contribution in [-0.4, -0.2) is 59.6 Å². The quantitative estimate of drug-likeness (QED) is 0.191. The number of benzene rings is 2. The Morgan fingerprint density at radius 2 is 1.61 bits per heavy atom. The van der Waals surface area contributed by atoms with Crippen LogP contribution in [0.4, 0.5) is 13.2 Å². The molecule has 0 bridgehead atoms. The van der Waals surface area contributed by atoms with Gasteiger partial charge in [0.2, 0.25) is 0 Å². The molecule has 2 aromatic carbocycles. The van der Waals surface area contributed by atoms with Crippen LogP contribution in [0.5, 0.6) is 0 Å². The van der Waals surface area contributed by atoms with E-state index in [1.165, 1.54) is 32.5 Å². The molecule has 2 aliphatic rings. The van der Waals surface area contributed by atoms with Gasteiger partial charge in [0.1, 0.15) is 0 Å². The summed E-state index contributed by atoms with van der Waals surface area (Å²) >= 11 is 14.1. The van der Waals surface area contributed by atoms with Gasteiger partial charge in [0, 0.05) is 48.9 Å². The van der Waals surface area contributed by atoms with Crippen LogP contribution in [0.3, 0.4) is 0 Å². The van der Waals surface area contributed by atoms with Crippen LogP contribution in [0, 0.1) is 11.8 Å². The number of rotatable bonds is 8. The molecule has 6 rings (SSSR count). The van der Waals surface area contributed by atoms with Gasteiger partial charge < -0.3 is 0 Å². The molecule has 4 aromatic rings. The van der Waals surface area contributed by atoms with E-state index in [0.29, 0.717) is 63.5 Å². The molecule has 2 aromatic heterocycles. The van der Waals surface area contributed by atoms with Crippen molar-refractivity contribution in [3.05, 3.63) is 91.9 Å². The minimum Gasteiger partial charge on any atom is -0.283 e. The fourth-order valence-corrected chi connectivity index (χ4v) is 8.33. The molecule has 0 aliphatic carbocycles. The standard InChI is InChI=1S/C33H31Cl2F3N6O3S2/c34-24-11-14-28(27(35)20-24)44-31(29-15-13-25(48-29)12-8-22-6-9-23(10-7-22)33(36,37)38)26(21-39-49(46,47)43-18-4-5-19-43)30(40-44)32(45)41-42-16-2-1-3-17-42/h6-7,9-11,13-15,20,39H,1-5,16-19,21H2,(H,41,45). The summed E-state index contributed by atoms with van der Waals surface area (Å²) in [4.78, 5) is 15.0. The predicted octanol–water partition coefficient (Wildman–Crippen LogP) is 6.89. The van der Waals surface area contributed by atoms with Gasteiger partial charge in [-0.25, -0.2) is 9.69 Å². The highest BCUT2D eigenvalue weighted by Gasteiger charge is 2.32. The van der Waals surface area contributed by atoms with Crippen molar-refractivity contribution in [2.24, 2.45) is 0 Å². The van der Waals surface area contributed by atoms with Gasteiger partial charge in [0.05, 0.1) is 31.7 Å². The number of amides is 1. The monoisotopic (exact) mass is 750 g/mol. The largest absolute Gasteiger partial charge is 0.416 e. The zero-order valence-electron chi connectivity index (χ0n) is 26.0. The Morgan fingerprint density at radius 1 is 0.918 bits per heavy atom. The number of nitrogens with zero attached hydrogens (tertiary/aromatic N) is 4. The maximum absolute atomic E-state index is 13.9. The van der Waals surface area contributed by atoms with E-state index in [9.17, 15) is 26.4 Å². The first kappa shape index (κ1) is 35.4. The summed E-state index contributed by atoms with van der Waals surface area (Å²) in [6, 6.07) is 12.9. The molecule has 2 fully saturated rings. The maximum Gasteiger partial charge on any atom is 0.416 e. The summed E-state index contributed by atoms with van der Waals surface area (Å²) in [6.07, 6.45) is -0.0222. The molecule has 0 atom stereocenters. The Kier molecular flexibility index (Phi) is 10.7. The SMILES string of the molecule is O=C(NN1CCCCC1)c1nn(-c2ccc(Cl)cc2Cl)c(-c2ccc(C#Cc3ccc(C(F)(F)F)cc3)s2)c1CNS(=O)(=O)N1CCCC1. The zero-order valence-corrected chi connectivity index (χ0v) is 29.1. The molecule has 2 aliphatic heterocycles. The number of nitrogens with one attached hydrogen (secondary N) is 2. The minimum absolute atomic E-state index is 0.0153. The molecule has 0 saturated carbocycles. The third-order valence-electron chi connectivity index (χ3n) is 8.17. The molecule has 0 unspecified atom stereocenters. The van der Waals surface area contributed by atoms with Gasteiger partial charge >= 0.3 is 6.18 Å². The summed E-state index contributed by atoms with van der Waals surface area (Å²) < 4.78 is 71.2. The number of thiophene rings is 1. The van der Waals surface area contributed by atoms with Crippen molar-refractivity contribution in [2.45, 2.75) is 44.8 Å². The van der Waals surface area contributed by atoms with E-state index in [1.807, 2.05) is 5.01 Å². The Labute approximate surface area is 296 Å². The first-order valence-corrected chi connectivity index (χ1v) is 18.6. The molecule has 2 N–H and O–H groups in total. The van der Waals surface area contributed by atoms with E-state index in [0.717, 1.165) is 44.2 Å². The molecule has 258 valence electrons. The molecular formula is C33H31Cl2F3N6O3S2. The average Bonchev–Trinajstić information content (AvgIpc) is 3.84. The Bertz CT molecular complexity index is 2010. The number of hydrogen-bond acceptors (Lipinski definition) is 6. The van der Waals surface area contributed by atoms with Gasteiger partial charge in [0.25, 0.3) is 16.1 Å². The highest BCUT2D eigenvalue weighted by atomic mass is 35.5. The molecule has 0 radical (unpaired) electrons. The number of piperidine rings is 1. The number of carbonyl (C=O) groups is 1. The second kappa shape index (κ2) is 14.8. The van der Waals surface area contributed by atoms with Gasteiger partial charge in [-0.15, -0.1) is 11.3 Å². The predicted molar refractivity (Wildman–Crippen MR) is 184 cm³/mol. The molecule has 4 heterocycles. The molecule has 49 heavy (non-hydrogen) atoms. The van der Waals surface area contributed by atoms with Crippen LogP contribution in [-0.2, 0) is 22.9 Å². The zero-order chi connectivity index (χ0) is 34.8. The molecule has 16 heteroatoms. The molecular weight excluding hydrogens is 720 g/mol. The van der Waals surface area contributed by atoms with Gasteiger partial charge in [-0.05, 0) is 80.3 Å². The first-order valence-electron chi connectivity index (χ1n) is 15.6. The number of halogens is 5. The van der Waals surface area contributed by atoms with Crippen molar-refractivity contribution >= 4 is 50.7 Å². The number of carbonyl (C=O) groups excluding carboxylic acids is 1. The smallest absolute Gasteiger partial charge is 0.283 e. The van der Waals surface area contributed by atoms with Crippen molar-refractivity contribution < 1.29 is 26.4 Å². The maximum atomic E-state index is 13.9. The highest BCUT2D eigenvalue weighted by molar-refractivity contribution is 7.87. The molecule has 1 amide bonds. The van der Waals surface area contributed by atoms with Crippen molar-refractivity contribution in [3.63, 3.8) is 0 Å². The third-order valence-corrected chi connectivity index (χ3v) is 11.3. The van der Waals surface area contributed by atoms with Crippen LogP contribution in [0.15, 0.2) is 54.6 Å². The second-order valence-corrected chi connectivity index (χ2v) is 15.3. The average molecular weight is 752 g/mol. The first-order chi connectivity index (χ1) is 23.4. The Morgan fingerprint density at radius 3 is 2.29 bits per heavy atom. The van der Waals surface area contributed by atoms with Crippen LogP contribution < -0.4 is 10.1 Å². The van der Waals surface area contributed by atoms with Crippen LogP contribution in [0.2, 0.25) is 10.0 Å². The van der Waals surface area contributed by atoms with Crippen LogP contribution in [0.25, 0.3) is 16.3 Å². The van der Waals surface area contributed by atoms with Crippen molar-refractivity contribution in [1.82, 2.24) is 29.2 Å². The van der Waals surface area contributed by atoms with Crippen molar-refractivity contribution in [1.29, 1.82) is 0 Å². The molecule has 0 spiro atoms. The summed E-state index contributed by atoms with van der Waals surface area (Å²) in [7, 11) is -3.87.